The summed E-state index contributed by atoms with van der Waals surface area (Å²) in [7, 11) is 0. The Labute approximate surface area is 247 Å². The van der Waals surface area contributed by atoms with Crippen LogP contribution in [0.5, 0.6) is 0 Å². The molecule has 42 heavy (non-hydrogen) atoms. The van der Waals surface area contributed by atoms with Crippen LogP contribution in [-0.2, 0) is 23.9 Å². The minimum absolute atomic E-state index is 0.0297. The van der Waals surface area contributed by atoms with Crippen LogP contribution in [0.15, 0.2) is 12.7 Å². The molecule has 2 saturated heterocycles. The van der Waals surface area contributed by atoms with E-state index in [0.29, 0.717) is 25.9 Å². The molecule has 236 valence electrons. The van der Waals surface area contributed by atoms with Crippen molar-refractivity contribution >= 4 is 29.9 Å². The van der Waals surface area contributed by atoms with Crippen LogP contribution < -0.4 is 21.3 Å². The van der Waals surface area contributed by atoms with E-state index < -0.39 is 59.7 Å². The van der Waals surface area contributed by atoms with Crippen LogP contribution in [0.2, 0.25) is 0 Å². The molecule has 1 saturated carbocycles. The Hall–Kier alpha value is -3.35. The van der Waals surface area contributed by atoms with Crippen molar-refractivity contribution in [1.29, 1.82) is 0 Å². The maximum absolute atomic E-state index is 13.9. The molecule has 1 aliphatic carbocycles. The lowest BCUT2D eigenvalue weighted by atomic mass is 9.97. The van der Waals surface area contributed by atoms with Gasteiger partial charge in [0.2, 0.25) is 11.8 Å². The van der Waals surface area contributed by atoms with E-state index in [4.69, 9.17) is 9.47 Å². The van der Waals surface area contributed by atoms with Crippen LogP contribution in [0.4, 0.5) is 9.59 Å². The first-order valence-corrected chi connectivity index (χ1v) is 14.7. The highest BCUT2D eigenvalue weighted by Gasteiger charge is 2.69. The van der Waals surface area contributed by atoms with Gasteiger partial charge >= 0.3 is 12.2 Å². The van der Waals surface area contributed by atoms with Gasteiger partial charge < -0.3 is 40.7 Å². The van der Waals surface area contributed by atoms with Crippen LogP contribution in [0.3, 0.4) is 0 Å². The number of amides is 5. The van der Waals surface area contributed by atoms with Crippen LogP contribution in [0.25, 0.3) is 0 Å². The number of piperidine rings is 1. The molecule has 2 heterocycles. The van der Waals surface area contributed by atoms with E-state index >= 15 is 0 Å². The van der Waals surface area contributed by atoms with Crippen molar-refractivity contribution in [2.75, 3.05) is 26.2 Å². The molecule has 3 aliphatic rings. The largest absolute Gasteiger partial charge is 0.450 e. The summed E-state index contributed by atoms with van der Waals surface area (Å²) in [4.78, 5) is 66.7. The fourth-order valence-electron chi connectivity index (χ4n) is 5.94. The van der Waals surface area contributed by atoms with Gasteiger partial charge in [-0.2, -0.15) is 0 Å². The normalized spacial score (nSPS) is 29.3. The third-order valence-electron chi connectivity index (χ3n) is 8.23. The summed E-state index contributed by atoms with van der Waals surface area (Å²) in [5, 5.41) is 21.6. The van der Waals surface area contributed by atoms with Gasteiger partial charge in [0.15, 0.2) is 6.10 Å². The van der Waals surface area contributed by atoms with Crippen LogP contribution >= 0.6 is 0 Å². The molecule has 0 aromatic carbocycles. The molecule has 0 bridgehead atoms. The Morgan fingerprint density at radius 3 is 2.60 bits per heavy atom. The number of hydrogen-bond acceptors (Lipinski definition) is 8. The van der Waals surface area contributed by atoms with E-state index in [1.54, 1.807) is 20.8 Å². The average Bonchev–Trinajstić information content (AvgIpc) is 3.22. The minimum atomic E-state index is -1.54. The molecule has 3 rings (SSSR count). The molecule has 2 aliphatic heterocycles. The number of aliphatic hydroxyl groups excluding tert-OH is 1. The predicted molar refractivity (Wildman–Crippen MR) is 153 cm³/mol. The summed E-state index contributed by atoms with van der Waals surface area (Å²) in [5.41, 5.74) is -0.971. The zero-order chi connectivity index (χ0) is 31.2. The molecule has 0 spiro atoms. The second kappa shape index (κ2) is 13.7. The first-order chi connectivity index (χ1) is 19.7. The van der Waals surface area contributed by atoms with Crippen molar-refractivity contribution in [2.24, 2.45) is 17.3 Å². The summed E-state index contributed by atoms with van der Waals surface area (Å²) in [6.07, 6.45) is 0.267. The highest BCUT2D eigenvalue weighted by atomic mass is 16.6. The summed E-state index contributed by atoms with van der Waals surface area (Å²) < 4.78 is 10.6. The van der Waals surface area contributed by atoms with Crippen LogP contribution in [0, 0.1) is 17.3 Å². The van der Waals surface area contributed by atoms with E-state index in [2.05, 4.69) is 27.8 Å². The fourth-order valence-corrected chi connectivity index (χ4v) is 5.94. The van der Waals surface area contributed by atoms with Gasteiger partial charge in [-0.25, -0.2) is 9.59 Å². The van der Waals surface area contributed by atoms with Crippen LogP contribution in [-0.4, -0.2) is 96.0 Å². The lowest BCUT2D eigenvalue weighted by Gasteiger charge is -2.34. The summed E-state index contributed by atoms with van der Waals surface area (Å²) in [6.45, 7) is 13.6. The van der Waals surface area contributed by atoms with Crippen molar-refractivity contribution in [1.82, 2.24) is 26.2 Å². The topological polar surface area (TPSA) is 175 Å². The molecule has 5 amide bonds. The minimum Gasteiger partial charge on any atom is -0.450 e. The van der Waals surface area contributed by atoms with E-state index in [1.165, 1.54) is 11.0 Å². The molecular weight excluding hydrogens is 546 g/mol. The number of fused-ring (bicyclic) bond motifs is 3. The Morgan fingerprint density at radius 2 is 1.93 bits per heavy atom. The second-order valence-electron chi connectivity index (χ2n) is 12.9. The molecule has 5 N–H and O–H groups in total. The van der Waals surface area contributed by atoms with Gasteiger partial charge in [-0.05, 0) is 70.1 Å². The molecule has 1 unspecified atom stereocenters. The second-order valence-corrected chi connectivity index (χ2v) is 12.9. The molecule has 6 atom stereocenters. The number of ether oxygens (including phenoxy) is 2. The molecule has 13 nitrogen and oxygen atoms in total. The Morgan fingerprint density at radius 1 is 1.21 bits per heavy atom. The number of nitrogens with zero attached hydrogens (tertiary/aromatic N) is 1. The van der Waals surface area contributed by atoms with E-state index in [9.17, 15) is 29.1 Å². The quantitative estimate of drug-likeness (QED) is 0.296. The third kappa shape index (κ3) is 8.36. The summed E-state index contributed by atoms with van der Waals surface area (Å²) >= 11 is 0. The van der Waals surface area contributed by atoms with E-state index in [-0.39, 0.29) is 49.7 Å². The number of nitrogens with one attached hydrogen (secondary N) is 4. The first kappa shape index (κ1) is 33.2. The standard InChI is InChI=1S/C29H47N5O8/c1-7-13-30-24(37)22(35)18-11-8-9-14-31-26(39)41-15-10-12-19(33-27(40)42-28(2,3)4)25(38)34-16-17-20(29(17,5)6)21(34)23(36)32-18/h7,17-22,35H,1,8-16H2,2-6H3,(H,30,37)(H,31,39)(H,32,36)(H,33,40)/t17-,18-,19-,20-,21-,22?/m0/s1. The zero-order valence-electron chi connectivity index (χ0n) is 25.4. The molecule has 13 heteroatoms. The summed E-state index contributed by atoms with van der Waals surface area (Å²) in [6, 6.07) is -2.80. The van der Waals surface area contributed by atoms with E-state index in [1.807, 2.05) is 13.8 Å². The lowest BCUT2D eigenvalue weighted by Crippen LogP contribution is -2.59. The number of alkyl carbamates (subject to hydrolysis) is 2. The monoisotopic (exact) mass is 593 g/mol. The van der Waals surface area contributed by atoms with Gasteiger partial charge in [0.05, 0.1) is 12.6 Å². The lowest BCUT2D eigenvalue weighted by molar-refractivity contribution is -0.143. The highest BCUT2D eigenvalue weighted by Crippen LogP contribution is 2.65. The third-order valence-corrected chi connectivity index (χ3v) is 8.23. The number of rotatable bonds is 5. The maximum Gasteiger partial charge on any atom is 0.408 e. The molecule has 0 radical (unpaired) electrons. The van der Waals surface area contributed by atoms with Gasteiger partial charge in [-0.3, -0.25) is 14.4 Å². The first-order valence-electron chi connectivity index (χ1n) is 14.7. The zero-order valence-corrected chi connectivity index (χ0v) is 25.4. The summed E-state index contributed by atoms with van der Waals surface area (Å²) in [5.74, 6) is -1.60. The Bertz CT molecular complexity index is 1040. The van der Waals surface area contributed by atoms with Gasteiger partial charge in [0.1, 0.15) is 17.7 Å². The number of aliphatic hydroxyl groups is 1. The molecular formula is C29H47N5O8. The van der Waals surface area contributed by atoms with E-state index in [0.717, 1.165) is 0 Å². The number of carbonyl (C=O) groups is 5. The number of hydrogen-bond donors (Lipinski definition) is 5. The maximum atomic E-state index is 13.9. The van der Waals surface area contributed by atoms with Crippen molar-refractivity contribution < 1.29 is 38.6 Å². The van der Waals surface area contributed by atoms with Gasteiger partial charge in [0, 0.05) is 19.6 Å². The predicted octanol–water partition coefficient (Wildman–Crippen LogP) is 1.20. The van der Waals surface area contributed by atoms with Gasteiger partial charge in [-0.15, -0.1) is 6.58 Å². The van der Waals surface area contributed by atoms with Crippen molar-refractivity contribution in [3.63, 3.8) is 0 Å². The highest BCUT2D eigenvalue weighted by molar-refractivity contribution is 5.93. The Kier molecular flexibility index (Phi) is 10.9. The number of carbonyl (C=O) groups excluding carboxylic acids is 5. The van der Waals surface area contributed by atoms with Crippen LogP contribution in [0.1, 0.15) is 66.7 Å². The molecule has 0 aromatic rings. The van der Waals surface area contributed by atoms with Crippen molar-refractivity contribution in [2.45, 2.75) is 96.6 Å². The molecule has 0 aromatic heterocycles. The van der Waals surface area contributed by atoms with Gasteiger partial charge in [-0.1, -0.05) is 19.9 Å². The fraction of sp³-hybridized carbons (Fsp3) is 0.759. The van der Waals surface area contributed by atoms with Gasteiger partial charge in [0.25, 0.3) is 5.91 Å². The smallest absolute Gasteiger partial charge is 0.408 e. The Balaban J connectivity index is 1.89. The molecule has 3 fully saturated rings. The van der Waals surface area contributed by atoms with Crippen molar-refractivity contribution in [3.8, 4) is 0 Å². The van der Waals surface area contributed by atoms with Crippen molar-refractivity contribution in [3.05, 3.63) is 12.7 Å². The SMILES string of the molecule is C=CCNC(=O)C(O)[C@@H]1CCCCNC(=O)OCCC[C@H](NC(=O)OC(C)(C)C)C(=O)N2C[C@H]3[C@@H]([C@H]2C(=O)N1)C3(C)C. The number of cyclic esters (lactones) is 1. The average molecular weight is 594 g/mol.